The van der Waals surface area contributed by atoms with Crippen molar-refractivity contribution in [3.63, 3.8) is 0 Å². The first kappa shape index (κ1) is 15.6. The minimum atomic E-state index is 0.0420. The largest absolute Gasteiger partial charge is 0.363 e. The van der Waals surface area contributed by atoms with Crippen LogP contribution >= 0.6 is 11.3 Å². The van der Waals surface area contributed by atoms with Gasteiger partial charge in [0.2, 0.25) is 0 Å². The van der Waals surface area contributed by atoms with E-state index in [9.17, 15) is 0 Å². The third-order valence-electron chi connectivity index (χ3n) is 3.31. The maximum Gasteiger partial charge on any atom is 0.136 e. The average molecular weight is 325 g/mol. The number of hydrogen-bond acceptors (Lipinski definition) is 6. The van der Waals surface area contributed by atoms with Crippen molar-refractivity contribution < 1.29 is 0 Å². The number of aromatic nitrogens is 4. The Morgan fingerprint density at radius 1 is 1.00 bits per heavy atom. The lowest BCUT2D eigenvalue weighted by molar-refractivity contribution is 0.578. The summed E-state index contributed by atoms with van der Waals surface area (Å²) in [5.74, 6) is 0.829. The van der Waals surface area contributed by atoms with Gasteiger partial charge >= 0.3 is 0 Å². The first-order valence-electron chi connectivity index (χ1n) is 7.45. The zero-order valence-corrected chi connectivity index (χ0v) is 14.3. The van der Waals surface area contributed by atoms with Crippen molar-refractivity contribution in [3.8, 4) is 11.1 Å². The van der Waals surface area contributed by atoms with E-state index in [1.54, 1.807) is 23.7 Å². The SMILES string of the molecule is CC(C)(C)c1nnc(CNc2ccc(-c3ccncc3)cn2)s1. The van der Waals surface area contributed by atoms with E-state index in [2.05, 4.69) is 46.3 Å². The number of nitrogens with one attached hydrogen (secondary N) is 1. The number of nitrogens with zero attached hydrogens (tertiary/aromatic N) is 4. The van der Waals surface area contributed by atoms with Crippen LogP contribution in [0.5, 0.6) is 0 Å². The zero-order valence-electron chi connectivity index (χ0n) is 13.4. The Morgan fingerprint density at radius 2 is 1.78 bits per heavy atom. The maximum atomic E-state index is 4.45. The van der Waals surface area contributed by atoms with Crippen molar-refractivity contribution in [2.24, 2.45) is 0 Å². The molecule has 0 radical (unpaired) electrons. The molecule has 118 valence electrons. The monoisotopic (exact) mass is 325 g/mol. The van der Waals surface area contributed by atoms with Gasteiger partial charge in [-0.15, -0.1) is 10.2 Å². The van der Waals surface area contributed by atoms with Crippen LogP contribution in [0, 0.1) is 0 Å². The molecule has 0 aliphatic heterocycles. The van der Waals surface area contributed by atoms with E-state index in [1.165, 1.54) is 0 Å². The number of pyridine rings is 2. The van der Waals surface area contributed by atoms with E-state index < -0.39 is 0 Å². The Morgan fingerprint density at radius 3 is 2.39 bits per heavy atom. The quantitative estimate of drug-likeness (QED) is 0.788. The second-order valence-electron chi connectivity index (χ2n) is 6.27. The normalized spacial score (nSPS) is 11.4. The van der Waals surface area contributed by atoms with E-state index in [0.29, 0.717) is 6.54 Å². The predicted molar refractivity (Wildman–Crippen MR) is 93.4 cm³/mol. The highest BCUT2D eigenvalue weighted by Gasteiger charge is 2.19. The van der Waals surface area contributed by atoms with Gasteiger partial charge in [-0.25, -0.2) is 4.98 Å². The maximum absolute atomic E-state index is 4.45. The van der Waals surface area contributed by atoms with E-state index in [-0.39, 0.29) is 5.41 Å². The molecule has 0 aliphatic carbocycles. The first-order valence-corrected chi connectivity index (χ1v) is 8.27. The topological polar surface area (TPSA) is 63.6 Å². The summed E-state index contributed by atoms with van der Waals surface area (Å²) in [5, 5.41) is 13.8. The molecule has 6 heteroatoms. The van der Waals surface area contributed by atoms with Crippen molar-refractivity contribution >= 4 is 17.2 Å². The molecule has 0 aliphatic rings. The van der Waals surface area contributed by atoms with Crippen molar-refractivity contribution in [2.45, 2.75) is 32.7 Å². The highest BCUT2D eigenvalue weighted by atomic mass is 32.1. The van der Waals surface area contributed by atoms with E-state index >= 15 is 0 Å². The minimum Gasteiger partial charge on any atom is -0.363 e. The Hall–Kier alpha value is -2.34. The second kappa shape index (κ2) is 6.42. The molecule has 0 bridgehead atoms. The Balaban J connectivity index is 1.64. The molecule has 0 fully saturated rings. The highest BCUT2D eigenvalue weighted by Crippen LogP contribution is 2.25. The van der Waals surface area contributed by atoms with E-state index in [4.69, 9.17) is 0 Å². The number of rotatable bonds is 4. The lowest BCUT2D eigenvalue weighted by atomic mass is 9.98. The summed E-state index contributed by atoms with van der Waals surface area (Å²) in [6.07, 6.45) is 5.42. The lowest BCUT2D eigenvalue weighted by Gasteiger charge is -2.12. The summed E-state index contributed by atoms with van der Waals surface area (Å²) in [6, 6.07) is 7.96. The van der Waals surface area contributed by atoms with Crippen LogP contribution in [0.1, 0.15) is 30.8 Å². The van der Waals surface area contributed by atoms with Gasteiger partial charge in [0.05, 0.1) is 6.54 Å². The second-order valence-corrected chi connectivity index (χ2v) is 7.33. The predicted octanol–water partition coefficient (Wildman–Crippen LogP) is 3.90. The third-order valence-corrected chi connectivity index (χ3v) is 4.66. The van der Waals surface area contributed by atoms with Crippen LogP contribution in [-0.4, -0.2) is 20.2 Å². The Labute approximate surface area is 139 Å². The van der Waals surface area contributed by atoms with Gasteiger partial charge in [-0.05, 0) is 29.8 Å². The van der Waals surface area contributed by atoms with Crippen molar-refractivity contribution in [2.75, 3.05) is 5.32 Å². The smallest absolute Gasteiger partial charge is 0.136 e. The van der Waals surface area contributed by atoms with Gasteiger partial charge in [0.1, 0.15) is 15.8 Å². The Kier molecular flexibility index (Phi) is 4.34. The molecule has 0 aromatic carbocycles. The molecule has 3 aromatic rings. The van der Waals surface area contributed by atoms with Gasteiger partial charge in [-0.1, -0.05) is 32.1 Å². The van der Waals surface area contributed by atoms with Crippen molar-refractivity contribution in [1.29, 1.82) is 0 Å². The average Bonchev–Trinajstić information content (AvgIpc) is 3.04. The summed E-state index contributed by atoms with van der Waals surface area (Å²) in [6.45, 7) is 7.06. The molecule has 0 unspecified atom stereocenters. The molecule has 3 aromatic heterocycles. The van der Waals surface area contributed by atoms with E-state index in [0.717, 1.165) is 27.0 Å². The molecule has 0 spiro atoms. The zero-order chi connectivity index (χ0) is 16.3. The molecule has 5 nitrogen and oxygen atoms in total. The molecule has 0 atom stereocenters. The summed E-state index contributed by atoms with van der Waals surface area (Å²) in [5.41, 5.74) is 2.22. The van der Waals surface area contributed by atoms with Crippen LogP contribution in [0.25, 0.3) is 11.1 Å². The molecule has 1 N–H and O–H groups in total. The van der Waals surface area contributed by atoms with Crippen molar-refractivity contribution in [1.82, 2.24) is 20.2 Å². The lowest BCUT2D eigenvalue weighted by Crippen LogP contribution is -2.10. The van der Waals surface area contributed by atoms with Gasteiger partial charge in [-0.3, -0.25) is 4.98 Å². The fourth-order valence-corrected chi connectivity index (χ4v) is 2.84. The van der Waals surface area contributed by atoms with Gasteiger partial charge in [0, 0.05) is 29.6 Å². The fraction of sp³-hybridized carbons (Fsp3) is 0.294. The molecular weight excluding hydrogens is 306 g/mol. The van der Waals surface area contributed by atoms with Crippen LogP contribution < -0.4 is 5.32 Å². The fourth-order valence-electron chi connectivity index (χ4n) is 2.01. The molecular formula is C17H19N5S. The van der Waals surface area contributed by atoms with Crippen LogP contribution in [-0.2, 0) is 12.0 Å². The molecule has 0 saturated heterocycles. The van der Waals surface area contributed by atoms with E-state index in [1.807, 2.05) is 30.5 Å². The summed E-state index contributed by atoms with van der Waals surface area (Å²) in [4.78, 5) is 8.48. The first-order chi connectivity index (χ1) is 11.0. The number of anilines is 1. The van der Waals surface area contributed by atoms with Gasteiger partial charge in [0.15, 0.2) is 0 Å². The molecule has 3 rings (SSSR count). The summed E-state index contributed by atoms with van der Waals surface area (Å²) in [7, 11) is 0. The van der Waals surface area contributed by atoms with Gasteiger partial charge in [-0.2, -0.15) is 0 Å². The molecule has 23 heavy (non-hydrogen) atoms. The van der Waals surface area contributed by atoms with Gasteiger partial charge < -0.3 is 5.32 Å². The van der Waals surface area contributed by atoms with Crippen LogP contribution in [0.15, 0.2) is 42.9 Å². The van der Waals surface area contributed by atoms with Crippen LogP contribution in [0.4, 0.5) is 5.82 Å². The Bertz CT molecular complexity index is 760. The summed E-state index contributed by atoms with van der Waals surface area (Å²) >= 11 is 1.64. The highest BCUT2D eigenvalue weighted by molar-refractivity contribution is 7.11. The van der Waals surface area contributed by atoms with Crippen molar-refractivity contribution in [3.05, 3.63) is 52.9 Å². The molecule has 0 amide bonds. The van der Waals surface area contributed by atoms with Crippen LogP contribution in [0.3, 0.4) is 0 Å². The minimum absolute atomic E-state index is 0.0420. The van der Waals surface area contributed by atoms with Crippen LogP contribution in [0.2, 0.25) is 0 Å². The summed E-state index contributed by atoms with van der Waals surface area (Å²) < 4.78 is 0. The molecule has 0 saturated carbocycles. The standard InChI is InChI=1S/C17H19N5S/c1-17(2,3)16-22-21-15(23-16)11-20-14-5-4-13(10-19-14)12-6-8-18-9-7-12/h4-10H,11H2,1-3H3,(H,19,20). The third kappa shape index (κ3) is 3.90. The van der Waals surface area contributed by atoms with Gasteiger partial charge in [0.25, 0.3) is 0 Å². The molecule has 3 heterocycles. The number of hydrogen-bond donors (Lipinski definition) is 1.